The van der Waals surface area contributed by atoms with Gasteiger partial charge in [-0.1, -0.05) is 26.0 Å². The predicted molar refractivity (Wildman–Crippen MR) is 145 cm³/mol. The maximum Gasteiger partial charge on any atom is 0.119 e. The molecule has 8 atom stereocenters. The van der Waals surface area contributed by atoms with Crippen molar-refractivity contribution in [3.8, 4) is 5.75 Å². The van der Waals surface area contributed by atoms with Crippen LogP contribution in [0.25, 0.3) is 0 Å². The molecule has 5 heteroatoms. The monoisotopic (exact) mass is 511 g/mol. The maximum atomic E-state index is 12.9. The van der Waals surface area contributed by atoms with E-state index in [1.165, 1.54) is 31.5 Å². The molecule has 1 aromatic carbocycles. The molecular weight excluding hydrogens is 462 g/mol. The zero-order chi connectivity index (χ0) is 25.9. The number of benzene rings is 1. The summed E-state index contributed by atoms with van der Waals surface area (Å²) in [6.07, 6.45) is 11.4. The second kappa shape index (κ2) is 9.50. The molecule has 1 aliphatic heterocycles. The molecule has 0 bridgehead atoms. The van der Waals surface area contributed by atoms with Crippen LogP contribution >= 0.6 is 0 Å². The number of rotatable bonds is 6. The van der Waals surface area contributed by atoms with Crippen LogP contribution in [0.1, 0.15) is 90.0 Å². The van der Waals surface area contributed by atoms with Crippen molar-refractivity contribution < 1.29 is 19.7 Å². The van der Waals surface area contributed by atoms with Crippen molar-refractivity contribution in [2.24, 2.45) is 28.6 Å². The number of aliphatic hydroxyl groups is 2. The first-order chi connectivity index (χ1) is 17.8. The number of nitrogens with zero attached hydrogens (tertiary/aromatic N) is 1. The molecule has 4 aliphatic carbocycles. The van der Waals surface area contributed by atoms with Crippen molar-refractivity contribution in [2.45, 2.75) is 102 Å². The lowest BCUT2D eigenvalue weighted by molar-refractivity contribution is -0.249. The molecule has 5 fully saturated rings. The molecule has 37 heavy (non-hydrogen) atoms. The zero-order valence-electron chi connectivity index (χ0n) is 23.4. The van der Waals surface area contributed by atoms with Gasteiger partial charge in [-0.2, -0.15) is 0 Å². The molecule has 5 aliphatic rings. The van der Waals surface area contributed by atoms with Gasteiger partial charge in [0.25, 0.3) is 0 Å². The van der Waals surface area contributed by atoms with Gasteiger partial charge >= 0.3 is 0 Å². The Morgan fingerprint density at radius 2 is 1.78 bits per heavy atom. The van der Waals surface area contributed by atoms with Crippen molar-refractivity contribution in [2.75, 3.05) is 33.4 Å². The third-order valence-electron chi connectivity index (χ3n) is 12.4. The van der Waals surface area contributed by atoms with Crippen LogP contribution in [-0.4, -0.2) is 60.2 Å². The minimum absolute atomic E-state index is 0.136. The van der Waals surface area contributed by atoms with E-state index in [9.17, 15) is 10.2 Å². The van der Waals surface area contributed by atoms with E-state index < -0.39 is 11.2 Å². The third kappa shape index (κ3) is 3.85. The van der Waals surface area contributed by atoms with E-state index in [-0.39, 0.29) is 16.9 Å². The van der Waals surface area contributed by atoms with Gasteiger partial charge in [0, 0.05) is 12.0 Å². The smallest absolute Gasteiger partial charge is 0.119 e. The van der Waals surface area contributed by atoms with Crippen molar-refractivity contribution in [3.05, 3.63) is 29.8 Å². The molecule has 5 nitrogen and oxygen atoms in total. The number of hydrogen-bond donors (Lipinski definition) is 2. The second-order valence-electron chi connectivity index (χ2n) is 13.7. The highest BCUT2D eigenvalue weighted by Crippen LogP contribution is 2.72. The average Bonchev–Trinajstić information content (AvgIpc) is 3.50. The van der Waals surface area contributed by atoms with Gasteiger partial charge in [0.05, 0.1) is 25.4 Å². The van der Waals surface area contributed by atoms with E-state index in [2.05, 4.69) is 36.9 Å². The Morgan fingerprint density at radius 3 is 2.57 bits per heavy atom. The van der Waals surface area contributed by atoms with Crippen LogP contribution in [0.3, 0.4) is 0 Å². The van der Waals surface area contributed by atoms with E-state index in [4.69, 9.17) is 9.47 Å². The highest BCUT2D eigenvalue weighted by Gasteiger charge is 2.72. The number of aliphatic hydroxyl groups excluding tert-OH is 1. The van der Waals surface area contributed by atoms with Crippen LogP contribution < -0.4 is 4.74 Å². The Balaban J connectivity index is 1.35. The molecule has 0 unspecified atom stereocenters. The van der Waals surface area contributed by atoms with Gasteiger partial charge in [-0.15, -0.1) is 0 Å². The fourth-order valence-electron chi connectivity index (χ4n) is 10.2. The first-order valence-electron chi connectivity index (χ1n) is 15.2. The summed E-state index contributed by atoms with van der Waals surface area (Å²) in [6.45, 7) is 8.86. The highest BCUT2D eigenvalue weighted by atomic mass is 16.5. The Bertz CT molecular complexity index is 979. The molecule has 1 saturated heterocycles. The van der Waals surface area contributed by atoms with Crippen molar-refractivity contribution in [1.82, 2.24) is 4.90 Å². The summed E-state index contributed by atoms with van der Waals surface area (Å²) in [7, 11) is 1.73. The van der Waals surface area contributed by atoms with Crippen LogP contribution in [-0.2, 0) is 10.3 Å². The van der Waals surface area contributed by atoms with Crippen molar-refractivity contribution in [1.29, 1.82) is 0 Å². The lowest BCUT2D eigenvalue weighted by Crippen LogP contribution is -2.65. The Labute approximate surface area is 223 Å². The summed E-state index contributed by atoms with van der Waals surface area (Å²) in [5, 5.41) is 23.3. The van der Waals surface area contributed by atoms with Crippen molar-refractivity contribution in [3.63, 3.8) is 0 Å². The lowest BCUT2D eigenvalue weighted by atomic mass is 9.42. The average molecular weight is 512 g/mol. The van der Waals surface area contributed by atoms with Crippen LogP contribution in [0.4, 0.5) is 0 Å². The summed E-state index contributed by atoms with van der Waals surface area (Å²) in [6, 6.07) is 8.48. The van der Waals surface area contributed by atoms with Gasteiger partial charge in [0.15, 0.2) is 0 Å². The molecule has 1 aromatic rings. The standard InChI is InChI=1S/C32H49NO4/c1-29-13-11-25(34)21-23(29)9-10-28-27(29)12-14-30(2)31(28,35)15-16-32(30,24-7-6-8-26(22-24)36-3)37-20-19-33-17-4-5-18-33/h6-8,22-23,25,27-28,34-35H,4-5,9-21H2,1-3H3/t23-,25+,27+,28-,29+,30+,31+,32+/m1/s1. The second-order valence-corrected chi connectivity index (χ2v) is 13.7. The molecule has 6 rings (SSSR count). The first-order valence-corrected chi connectivity index (χ1v) is 15.2. The topological polar surface area (TPSA) is 62.2 Å². The van der Waals surface area contributed by atoms with Gasteiger partial charge < -0.3 is 24.6 Å². The van der Waals surface area contributed by atoms with E-state index in [0.29, 0.717) is 24.4 Å². The van der Waals surface area contributed by atoms with E-state index >= 15 is 0 Å². The Morgan fingerprint density at radius 1 is 0.973 bits per heavy atom. The number of fused-ring (bicyclic) bond motifs is 5. The van der Waals surface area contributed by atoms with Crippen LogP contribution in [0.2, 0.25) is 0 Å². The van der Waals surface area contributed by atoms with Gasteiger partial charge in [-0.25, -0.2) is 0 Å². The van der Waals surface area contributed by atoms with Gasteiger partial charge in [0.1, 0.15) is 11.4 Å². The molecule has 0 amide bonds. The summed E-state index contributed by atoms with van der Waals surface area (Å²) >= 11 is 0. The zero-order valence-corrected chi connectivity index (χ0v) is 23.4. The fourth-order valence-corrected chi connectivity index (χ4v) is 10.2. The molecule has 0 radical (unpaired) electrons. The van der Waals surface area contributed by atoms with E-state index in [1.54, 1.807) is 7.11 Å². The Kier molecular flexibility index (Phi) is 6.70. The number of ether oxygens (including phenoxy) is 2. The van der Waals surface area contributed by atoms with Gasteiger partial charge in [-0.3, -0.25) is 0 Å². The molecule has 2 N–H and O–H groups in total. The maximum absolute atomic E-state index is 12.9. The summed E-state index contributed by atoms with van der Waals surface area (Å²) in [5.41, 5.74) is -0.198. The summed E-state index contributed by atoms with van der Waals surface area (Å²) in [5.74, 6) is 2.29. The van der Waals surface area contributed by atoms with Crippen molar-refractivity contribution >= 4 is 0 Å². The van der Waals surface area contributed by atoms with Crippen LogP contribution in [0.5, 0.6) is 5.75 Å². The van der Waals surface area contributed by atoms with E-state index in [0.717, 1.165) is 70.1 Å². The molecular formula is C32H49NO4. The van der Waals surface area contributed by atoms with Gasteiger partial charge in [-0.05, 0) is 125 Å². The normalized spacial score (nSPS) is 45.8. The largest absolute Gasteiger partial charge is 0.497 e. The Hall–Kier alpha value is -1.14. The lowest BCUT2D eigenvalue weighted by Gasteiger charge is -2.64. The molecule has 4 saturated carbocycles. The third-order valence-corrected chi connectivity index (χ3v) is 12.4. The van der Waals surface area contributed by atoms with E-state index in [1.807, 2.05) is 6.07 Å². The quantitative estimate of drug-likeness (QED) is 0.527. The predicted octanol–water partition coefficient (Wildman–Crippen LogP) is 5.52. The molecule has 0 spiro atoms. The highest BCUT2D eigenvalue weighted by molar-refractivity contribution is 5.38. The minimum atomic E-state index is -0.739. The van der Waals surface area contributed by atoms with Gasteiger partial charge in [0.2, 0.25) is 0 Å². The van der Waals surface area contributed by atoms with Crippen LogP contribution in [0, 0.1) is 28.6 Å². The molecule has 206 valence electrons. The first kappa shape index (κ1) is 26.1. The van der Waals surface area contributed by atoms with Crippen LogP contribution in [0.15, 0.2) is 24.3 Å². The molecule has 0 aromatic heterocycles. The number of likely N-dealkylation sites (tertiary alicyclic amines) is 1. The SMILES string of the molecule is COc1cccc([C@@]2(OCCN3CCCC3)CC[C@]3(O)[C@@H]4CC[C@@H]5C[C@@H](O)CC[C@]5(C)[C@H]4CC[C@]23C)c1. The minimum Gasteiger partial charge on any atom is -0.497 e. The summed E-state index contributed by atoms with van der Waals surface area (Å²) in [4.78, 5) is 2.53. The number of hydrogen-bond acceptors (Lipinski definition) is 5. The molecule has 1 heterocycles. The summed E-state index contributed by atoms with van der Waals surface area (Å²) < 4.78 is 12.8. The number of methoxy groups -OCH3 is 1. The fraction of sp³-hybridized carbons (Fsp3) is 0.812.